The second kappa shape index (κ2) is 7.07. The maximum atomic E-state index is 5.81. The van der Waals surface area contributed by atoms with E-state index in [1.165, 1.54) is 5.56 Å². The highest BCUT2D eigenvalue weighted by Crippen LogP contribution is 2.33. The predicted molar refractivity (Wildman–Crippen MR) is 87.1 cm³/mol. The SMILES string of the molecule is CCNc1ncnc(N2CC(C)OCC2CC)c1C(C)C. The van der Waals surface area contributed by atoms with Gasteiger partial charge in [-0.2, -0.15) is 0 Å². The summed E-state index contributed by atoms with van der Waals surface area (Å²) in [7, 11) is 0. The predicted octanol–water partition coefficient (Wildman–Crippen LogP) is 3.04. The number of ether oxygens (including phenoxy) is 1. The van der Waals surface area contributed by atoms with Crippen LogP contribution in [0.4, 0.5) is 11.6 Å². The van der Waals surface area contributed by atoms with Crippen LogP contribution in [0.5, 0.6) is 0 Å². The second-order valence-corrected chi connectivity index (χ2v) is 6.00. The van der Waals surface area contributed by atoms with E-state index in [-0.39, 0.29) is 6.10 Å². The van der Waals surface area contributed by atoms with Crippen molar-refractivity contribution in [2.45, 2.75) is 59.1 Å². The minimum Gasteiger partial charge on any atom is -0.375 e. The normalized spacial score (nSPS) is 22.7. The standard InChI is InChI=1S/C16H28N4O/c1-6-13-9-21-12(5)8-20(13)16-14(11(3)4)15(17-7-2)18-10-19-16/h10-13H,6-9H2,1-5H3,(H,17,18,19). The van der Waals surface area contributed by atoms with Crippen molar-refractivity contribution >= 4 is 11.6 Å². The summed E-state index contributed by atoms with van der Waals surface area (Å²) < 4.78 is 5.81. The Morgan fingerprint density at radius 1 is 1.38 bits per heavy atom. The Labute approximate surface area is 128 Å². The van der Waals surface area contributed by atoms with Crippen molar-refractivity contribution < 1.29 is 4.74 Å². The number of nitrogens with one attached hydrogen (secondary N) is 1. The molecule has 2 rings (SSSR count). The van der Waals surface area contributed by atoms with Crippen molar-refractivity contribution in [3.63, 3.8) is 0 Å². The monoisotopic (exact) mass is 292 g/mol. The summed E-state index contributed by atoms with van der Waals surface area (Å²) in [6, 6.07) is 0.392. The number of hydrogen-bond donors (Lipinski definition) is 1. The number of nitrogens with zero attached hydrogens (tertiary/aromatic N) is 3. The number of morpholine rings is 1. The van der Waals surface area contributed by atoms with Gasteiger partial charge in [-0.15, -0.1) is 0 Å². The fourth-order valence-corrected chi connectivity index (χ4v) is 2.90. The number of hydrogen-bond acceptors (Lipinski definition) is 5. The zero-order chi connectivity index (χ0) is 15.4. The summed E-state index contributed by atoms with van der Waals surface area (Å²) in [6.45, 7) is 13.4. The molecule has 2 atom stereocenters. The number of anilines is 2. The lowest BCUT2D eigenvalue weighted by atomic mass is 10.0. The number of rotatable bonds is 5. The van der Waals surface area contributed by atoms with E-state index in [1.54, 1.807) is 6.33 Å². The van der Waals surface area contributed by atoms with E-state index >= 15 is 0 Å². The molecule has 0 radical (unpaired) electrons. The fourth-order valence-electron chi connectivity index (χ4n) is 2.90. The van der Waals surface area contributed by atoms with Crippen molar-refractivity contribution in [1.29, 1.82) is 0 Å². The van der Waals surface area contributed by atoms with Crippen LogP contribution in [-0.2, 0) is 4.74 Å². The van der Waals surface area contributed by atoms with E-state index in [9.17, 15) is 0 Å². The van der Waals surface area contributed by atoms with Gasteiger partial charge in [-0.25, -0.2) is 9.97 Å². The average Bonchev–Trinajstić information content (AvgIpc) is 2.47. The lowest BCUT2D eigenvalue weighted by Gasteiger charge is -2.40. The minimum atomic E-state index is 0.241. The van der Waals surface area contributed by atoms with E-state index in [1.807, 2.05) is 0 Å². The molecule has 2 unspecified atom stereocenters. The van der Waals surface area contributed by atoms with Gasteiger partial charge in [-0.1, -0.05) is 20.8 Å². The quantitative estimate of drug-likeness (QED) is 0.904. The Bertz CT molecular complexity index is 464. The van der Waals surface area contributed by atoms with Crippen molar-refractivity contribution in [3.8, 4) is 0 Å². The molecule has 0 aliphatic carbocycles. The molecule has 1 aliphatic rings. The fraction of sp³-hybridized carbons (Fsp3) is 0.750. The van der Waals surface area contributed by atoms with E-state index in [2.05, 4.69) is 54.8 Å². The van der Waals surface area contributed by atoms with E-state index in [4.69, 9.17) is 4.74 Å². The summed E-state index contributed by atoms with van der Waals surface area (Å²) in [5.41, 5.74) is 1.21. The molecule has 118 valence electrons. The second-order valence-electron chi connectivity index (χ2n) is 6.00. The highest BCUT2D eigenvalue weighted by molar-refractivity contribution is 5.61. The van der Waals surface area contributed by atoms with Gasteiger partial charge >= 0.3 is 0 Å². The van der Waals surface area contributed by atoms with E-state index < -0.39 is 0 Å². The first kappa shape index (κ1) is 16.0. The molecule has 1 aliphatic heterocycles. The summed E-state index contributed by atoms with van der Waals surface area (Å²) in [5.74, 6) is 2.41. The summed E-state index contributed by atoms with van der Waals surface area (Å²) in [5, 5.41) is 3.37. The molecule has 0 bridgehead atoms. The van der Waals surface area contributed by atoms with Crippen molar-refractivity contribution in [2.75, 3.05) is 29.9 Å². The van der Waals surface area contributed by atoms with Gasteiger partial charge < -0.3 is 15.0 Å². The summed E-state index contributed by atoms with van der Waals surface area (Å²) in [4.78, 5) is 11.5. The summed E-state index contributed by atoms with van der Waals surface area (Å²) in [6.07, 6.45) is 2.97. The molecule has 5 heteroatoms. The average molecular weight is 292 g/mol. The molecule has 1 saturated heterocycles. The first-order chi connectivity index (χ1) is 10.1. The van der Waals surface area contributed by atoms with Gasteiger partial charge in [-0.3, -0.25) is 0 Å². The Balaban J connectivity index is 2.43. The third-order valence-electron chi connectivity index (χ3n) is 4.00. The summed E-state index contributed by atoms with van der Waals surface area (Å²) >= 11 is 0. The molecular formula is C16H28N4O. The van der Waals surface area contributed by atoms with Crippen LogP contribution < -0.4 is 10.2 Å². The van der Waals surface area contributed by atoms with Gasteiger partial charge in [0.15, 0.2) is 0 Å². The molecule has 1 N–H and O–H groups in total. The highest BCUT2D eigenvalue weighted by atomic mass is 16.5. The van der Waals surface area contributed by atoms with Gasteiger partial charge in [0.2, 0.25) is 0 Å². The van der Waals surface area contributed by atoms with Crippen molar-refractivity contribution in [1.82, 2.24) is 9.97 Å². The van der Waals surface area contributed by atoms with Gasteiger partial charge in [0.25, 0.3) is 0 Å². The van der Waals surface area contributed by atoms with Crippen LogP contribution in [0.15, 0.2) is 6.33 Å². The highest BCUT2D eigenvalue weighted by Gasteiger charge is 2.29. The van der Waals surface area contributed by atoms with Gasteiger partial charge in [0.1, 0.15) is 18.0 Å². The molecule has 1 aromatic heterocycles. The maximum absolute atomic E-state index is 5.81. The molecule has 0 saturated carbocycles. The Morgan fingerprint density at radius 3 is 2.76 bits per heavy atom. The smallest absolute Gasteiger partial charge is 0.137 e. The zero-order valence-electron chi connectivity index (χ0n) is 13.9. The van der Waals surface area contributed by atoms with Crippen LogP contribution in [0, 0.1) is 0 Å². The largest absolute Gasteiger partial charge is 0.375 e. The van der Waals surface area contributed by atoms with E-state index in [0.717, 1.165) is 37.8 Å². The van der Waals surface area contributed by atoms with Crippen LogP contribution >= 0.6 is 0 Å². The van der Waals surface area contributed by atoms with E-state index in [0.29, 0.717) is 12.0 Å². The number of aromatic nitrogens is 2. The molecule has 5 nitrogen and oxygen atoms in total. The Hall–Kier alpha value is -1.36. The van der Waals surface area contributed by atoms with Crippen LogP contribution in [0.25, 0.3) is 0 Å². The van der Waals surface area contributed by atoms with Crippen molar-refractivity contribution in [2.24, 2.45) is 0 Å². The van der Waals surface area contributed by atoms with Crippen LogP contribution in [-0.4, -0.2) is 41.8 Å². The van der Waals surface area contributed by atoms with Crippen LogP contribution in [0.3, 0.4) is 0 Å². The lowest BCUT2D eigenvalue weighted by molar-refractivity contribution is 0.0295. The zero-order valence-corrected chi connectivity index (χ0v) is 13.9. The van der Waals surface area contributed by atoms with Crippen molar-refractivity contribution in [3.05, 3.63) is 11.9 Å². The molecule has 0 amide bonds. The first-order valence-electron chi connectivity index (χ1n) is 8.05. The maximum Gasteiger partial charge on any atom is 0.137 e. The first-order valence-corrected chi connectivity index (χ1v) is 8.05. The van der Waals surface area contributed by atoms with Crippen LogP contribution in [0.2, 0.25) is 0 Å². The van der Waals surface area contributed by atoms with Gasteiger partial charge in [0.05, 0.1) is 18.8 Å². The molecule has 0 spiro atoms. The third-order valence-corrected chi connectivity index (χ3v) is 4.00. The molecule has 21 heavy (non-hydrogen) atoms. The molecule has 2 heterocycles. The molecular weight excluding hydrogens is 264 g/mol. The molecule has 1 fully saturated rings. The molecule has 0 aromatic carbocycles. The molecule has 1 aromatic rings. The van der Waals surface area contributed by atoms with Gasteiger partial charge in [-0.05, 0) is 26.2 Å². The Kier molecular flexibility index (Phi) is 5.39. The lowest BCUT2D eigenvalue weighted by Crippen LogP contribution is -2.49. The third kappa shape index (κ3) is 3.46. The topological polar surface area (TPSA) is 50.3 Å². The minimum absolute atomic E-state index is 0.241. The van der Waals surface area contributed by atoms with Gasteiger partial charge in [0, 0.05) is 18.7 Å². The van der Waals surface area contributed by atoms with Crippen LogP contribution in [0.1, 0.15) is 52.5 Å². The Morgan fingerprint density at radius 2 is 2.14 bits per heavy atom.